The molecular formula is C20H29NO6. The fraction of sp³-hybridized carbons (Fsp3) is 0.600. The average molecular weight is 379 g/mol. The van der Waals surface area contributed by atoms with Crippen LogP contribution in [0.5, 0.6) is 17.2 Å². The number of hydrogen-bond acceptors (Lipinski definition) is 6. The molecule has 1 aliphatic rings. The highest BCUT2D eigenvalue weighted by atomic mass is 16.5. The minimum atomic E-state index is -0.659. The molecule has 0 saturated heterocycles. The van der Waals surface area contributed by atoms with E-state index in [2.05, 4.69) is 19.2 Å². The fourth-order valence-electron chi connectivity index (χ4n) is 3.51. The van der Waals surface area contributed by atoms with Crippen LogP contribution in [0.3, 0.4) is 0 Å². The minimum Gasteiger partial charge on any atom is -0.493 e. The van der Waals surface area contributed by atoms with Crippen LogP contribution in [0.1, 0.15) is 43.5 Å². The van der Waals surface area contributed by atoms with E-state index in [1.165, 1.54) is 33.8 Å². The van der Waals surface area contributed by atoms with E-state index in [1.807, 2.05) is 0 Å². The molecule has 27 heavy (non-hydrogen) atoms. The van der Waals surface area contributed by atoms with Crippen molar-refractivity contribution in [1.29, 1.82) is 0 Å². The number of methoxy groups -OCH3 is 3. The Hall–Kier alpha value is -2.44. The number of esters is 1. The van der Waals surface area contributed by atoms with Crippen LogP contribution in [0.2, 0.25) is 0 Å². The molecule has 7 heteroatoms. The lowest BCUT2D eigenvalue weighted by atomic mass is 9.78. The van der Waals surface area contributed by atoms with Crippen LogP contribution in [0.25, 0.3) is 0 Å². The minimum absolute atomic E-state index is 0.121. The Balaban J connectivity index is 2.00. The second kappa shape index (κ2) is 9.48. The quantitative estimate of drug-likeness (QED) is 0.734. The molecule has 2 rings (SSSR count). The first-order valence-corrected chi connectivity index (χ1v) is 9.18. The van der Waals surface area contributed by atoms with Crippen LogP contribution in [0.15, 0.2) is 12.1 Å². The Morgan fingerprint density at radius 2 is 1.74 bits per heavy atom. The van der Waals surface area contributed by atoms with Crippen molar-refractivity contribution in [3.05, 3.63) is 17.7 Å². The van der Waals surface area contributed by atoms with Gasteiger partial charge in [0.05, 0.1) is 21.3 Å². The molecule has 0 aliphatic heterocycles. The lowest BCUT2D eigenvalue weighted by Crippen LogP contribution is -2.45. The van der Waals surface area contributed by atoms with E-state index in [4.69, 9.17) is 18.9 Å². The van der Waals surface area contributed by atoms with E-state index in [0.29, 0.717) is 23.3 Å². The predicted molar refractivity (Wildman–Crippen MR) is 100 cm³/mol. The lowest BCUT2D eigenvalue weighted by molar-refractivity contribution is -0.125. The highest BCUT2D eigenvalue weighted by molar-refractivity contribution is 5.95. The Kier molecular flexibility index (Phi) is 7.33. The maximum Gasteiger partial charge on any atom is 0.342 e. The largest absolute Gasteiger partial charge is 0.493 e. The van der Waals surface area contributed by atoms with E-state index in [9.17, 15) is 9.59 Å². The zero-order chi connectivity index (χ0) is 20.0. The molecule has 1 aromatic rings. The third kappa shape index (κ3) is 4.84. The lowest BCUT2D eigenvalue weighted by Gasteiger charge is -2.34. The summed E-state index contributed by atoms with van der Waals surface area (Å²) in [5, 5.41) is 2.98. The standard InChI is InChI=1S/C20H29NO6/c1-12-7-6-8-15(13(12)2)21-17(22)11-27-20(23)14-9-10-16(24-3)19(26-5)18(14)25-4/h9-10,12-13,15H,6-8,11H2,1-5H3,(H,21,22)/t12-,13-,15-/m0/s1. The number of amides is 1. The third-order valence-corrected chi connectivity index (χ3v) is 5.31. The van der Waals surface area contributed by atoms with Gasteiger partial charge in [0.2, 0.25) is 5.75 Å². The van der Waals surface area contributed by atoms with Crippen molar-refractivity contribution in [1.82, 2.24) is 5.32 Å². The fourth-order valence-corrected chi connectivity index (χ4v) is 3.51. The van der Waals surface area contributed by atoms with Crippen molar-refractivity contribution in [2.24, 2.45) is 11.8 Å². The summed E-state index contributed by atoms with van der Waals surface area (Å²) in [5.41, 5.74) is 0.169. The molecule has 1 amide bonds. The van der Waals surface area contributed by atoms with Crippen molar-refractivity contribution >= 4 is 11.9 Å². The molecule has 0 bridgehead atoms. The van der Waals surface area contributed by atoms with E-state index in [-0.39, 0.29) is 29.9 Å². The van der Waals surface area contributed by atoms with Gasteiger partial charge in [-0.1, -0.05) is 26.7 Å². The summed E-state index contributed by atoms with van der Waals surface area (Å²) in [6.45, 7) is 4.01. The van der Waals surface area contributed by atoms with Crippen molar-refractivity contribution in [2.45, 2.75) is 39.2 Å². The van der Waals surface area contributed by atoms with Gasteiger partial charge in [0.25, 0.3) is 5.91 Å². The molecule has 0 spiro atoms. The highest BCUT2D eigenvalue weighted by Gasteiger charge is 2.28. The number of carbonyl (C=O) groups is 2. The van der Waals surface area contributed by atoms with Gasteiger partial charge in [0.15, 0.2) is 18.1 Å². The third-order valence-electron chi connectivity index (χ3n) is 5.31. The molecule has 1 N–H and O–H groups in total. The summed E-state index contributed by atoms with van der Waals surface area (Å²) < 4.78 is 20.9. The number of carbonyl (C=O) groups excluding carboxylic acids is 2. The van der Waals surface area contributed by atoms with Crippen LogP contribution in [-0.2, 0) is 9.53 Å². The summed E-state index contributed by atoms with van der Waals surface area (Å²) in [5.74, 6) is 0.957. The maximum atomic E-state index is 12.4. The monoisotopic (exact) mass is 379 g/mol. The number of ether oxygens (including phenoxy) is 4. The van der Waals surface area contributed by atoms with Crippen LogP contribution in [-0.4, -0.2) is 45.9 Å². The van der Waals surface area contributed by atoms with Crippen molar-refractivity contribution in [2.75, 3.05) is 27.9 Å². The predicted octanol–water partition coefficient (Wildman–Crippen LogP) is 2.81. The van der Waals surface area contributed by atoms with Gasteiger partial charge in [-0.3, -0.25) is 4.79 Å². The van der Waals surface area contributed by atoms with Gasteiger partial charge >= 0.3 is 5.97 Å². The molecule has 3 atom stereocenters. The van der Waals surface area contributed by atoms with E-state index < -0.39 is 5.97 Å². The second-order valence-corrected chi connectivity index (χ2v) is 6.90. The Labute approximate surface area is 160 Å². The normalized spacial score (nSPS) is 21.9. The molecule has 0 unspecified atom stereocenters. The molecular weight excluding hydrogens is 350 g/mol. The first-order valence-electron chi connectivity index (χ1n) is 9.18. The molecule has 1 aliphatic carbocycles. The van der Waals surface area contributed by atoms with Crippen molar-refractivity contribution in [3.8, 4) is 17.2 Å². The van der Waals surface area contributed by atoms with E-state index in [0.717, 1.165) is 12.8 Å². The van der Waals surface area contributed by atoms with Gasteiger partial charge in [-0.05, 0) is 30.4 Å². The van der Waals surface area contributed by atoms with Crippen LogP contribution < -0.4 is 19.5 Å². The van der Waals surface area contributed by atoms with Crippen molar-refractivity contribution < 1.29 is 28.5 Å². The molecule has 150 valence electrons. The number of rotatable bonds is 7. The number of nitrogens with one attached hydrogen (secondary N) is 1. The van der Waals surface area contributed by atoms with Gasteiger partial charge in [-0.25, -0.2) is 4.79 Å². The molecule has 1 saturated carbocycles. The summed E-state index contributed by atoms with van der Waals surface area (Å²) in [6.07, 6.45) is 3.23. The van der Waals surface area contributed by atoms with Gasteiger partial charge < -0.3 is 24.3 Å². The average Bonchev–Trinajstić information content (AvgIpc) is 2.68. The molecule has 0 heterocycles. The Morgan fingerprint density at radius 1 is 1.04 bits per heavy atom. The molecule has 0 aromatic heterocycles. The van der Waals surface area contributed by atoms with Crippen molar-refractivity contribution in [3.63, 3.8) is 0 Å². The summed E-state index contributed by atoms with van der Waals surface area (Å²) in [7, 11) is 4.37. The summed E-state index contributed by atoms with van der Waals surface area (Å²) in [6, 6.07) is 3.23. The smallest absolute Gasteiger partial charge is 0.342 e. The van der Waals surface area contributed by atoms with Crippen LogP contribution in [0, 0.1) is 11.8 Å². The van der Waals surface area contributed by atoms with Gasteiger partial charge in [-0.15, -0.1) is 0 Å². The highest BCUT2D eigenvalue weighted by Crippen LogP contribution is 2.40. The Morgan fingerprint density at radius 3 is 2.37 bits per heavy atom. The summed E-state index contributed by atoms with van der Waals surface area (Å²) in [4.78, 5) is 24.6. The number of benzene rings is 1. The van der Waals surface area contributed by atoms with Gasteiger partial charge in [-0.2, -0.15) is 0 Å². The maximum absolute atomic E-state index is 12.4. The second-order valence-electron chi connectivity index (χ2n) is 6.90. The first-order chi connectivity index (χ1) is 12.9. The van der Waals surface area contributed by atoms with Crippen LogP contribution in [0.4, 0.5) is 0 Å². The topological polar surface area (TPSA) is 83.1 Å². The van der Waals surface area contributed by atoms with Gasteiger partial charge in [0.1, 0.15) is 5.56 Å². The van der Waals surface area contributed by atoms with E-state index >= 15 is 0 Å². The molecule has 7 nitrogen and oxygen atoms in total. The van der Waals surface area contributed by atoms with Gasteiger partial charge in [0, 0.05) is 6.04 Å². The molecule has 0 radical (unpaired) electrons. The zero-order valence-electron chi connectivity index (χ0n) is 16.7. The zero-order valence-corrected chi connectivity index (χ0v) is 16.7. The molecule has 1 aromatic carbocycles. The Bertz CT molecular complexity index is 675. The van der Waals surface area contributed by atoms with Crippen LogP contribution >= 0.6 is 0 Å². The SMILES string of the molecule is COc1ccc(C(=O)OCC(=O)N[C@H]2CCC[C@H](C)[C@@H]2C)c(OC)c1OC. The number of hydrogen-bond donors (Lipinski definition) is 1. The summed E-state index contributed by atoms with van der Waals surface area (Å²) >= 11 is 0. The first kappa shape index (κ1) is 20.9. The van der Waals surface area contributed by atoms with E-state index in [1.54, 1.807) is 6.07 Å². The molecule has 1 fully saturated rings.